The van der Waals surface area contributed by atoms with Gasteiger partial charge < -0.3 is 36.1 Å². The van der Waals surface area contributed by atoms with Crippen molar-refractivity contribution in [3.63, 3.8) is 0 Å². The lowest BCUT2D eigenvalue weighted by Gasteiger charge is -2.35. The molecule has 0 heterocycles. The third kappa shape index (κ3) is 38.0. The predicted octanol–water partition coefficient (Wildman–Crippen LogP) is 7.14. The highest BCUT2D eigenvalue weighted by atomic mass is 35.5. The summed E-state index contributed by atoms with van der Waals surface area (Å²) >= 11 is 0. The Hall–Kier alpha value is -7.42. The number of ether oxygens (including phenoxy) is 5. The van der Waals surface area contributed by atoms with Crippen molar-refractivity contribution < 1.29 is 103 Å². The second kappa shape index (κ2) is 55.9. The van der Waals surface area contributed by atoms with Gasteiger partial charge in [0.2, 0.25) is 0 Å². The maximum Gasteiger partial charge on any atom is 0.373 e. The van der Waals surface area contributed by atoms with E-state index in [2.05, 4.69) is 55.3 Å². The minimum atomic E-state index is -0.468. The Bertz CT molecular complexity index is 2180. The van der Waals surface area contributed by atoms with Crippen molar-refractivity contribution >= 4 is 73.0 Å². The highest BCUT2D eigenvalue weighted by Crippen LogP contribution is 2.44. The normalized spacial score (nSPS) is 18.5. The van der Waals surface area contributed by atoms with E-state index in [1.54, 1.807) is 6.92 Å². The van der Waals surface area contributed by atoms with Crippen molar-refractivity contribution in [3.05, 3.63) is 89.6 Å². The van der Waals surface area contributed by atoms with Crippen LogP contribution in [-0.2, 0) is 90.8 Å². The number of benzene rings is 1. The quantitative estimate of drug-likeness (QED) is 0.0332. The van der Waals surface area contributed by atoms with E-state index in [9.17, 15) is 24.0 Å². The van der Waals surface area contributed by atoms with Gasteiger partial charge in [-0.15, -0.1) is 0 Å². The van der Waals surface area contributed by atoms with Gasteiger partial charge in [-0.3, -0.25) is 33.8 Å². The molecule has 0 saturated heterocycles. The number of hydrogen-bond acceptors (Lipinski definition) is 20. The van der Waals surface area contributed by atoms with Gasteiger partial charge in [-0.05, 0) is 160 Å². The van der Waals surface area contributed by atoms with Gasteiger partial charge in [0.15, 0.2) is 0 Å². The van der Waals surface area contributed by atoms with Crippen LogP contribution in [0.1, 0.15) is 160 Å². The first-order valence-corrected chi connectivity index (χ1v) is 26.4. The zero-order valence-corrected chi connectivity index (χ0v) is 49.9. The van der Waals surface area contributed by atoms with Gasteiger partial charge in [0.25, 0.3) is 0 Å². The van der Waals surface area contributed by atoms with Crippen molar-refractivity contribution in [2.24, 2.45) is 21.2 Å². The molecule has 3 aliphatic rings. The molecule has 452 valence electrons. The Labute approximate surface area is 484 Å². The highest BCUT2D eigenvalue weighted by molar-refractivity contribution is 5.87. The molecule has 20 nitrogen and oxygen atoms in total. The average molecular weight is 1160 g/mol. The van der Waals surface area contributed by atoms with Crippen molar-refractivity contribution in [2.45, 2.75) is 166 Å². The van der Waals surface area contributed by atoms with Crippen molar-refractivity contribution in [2.75, 3.05) is 33.0 Å². The lowest BCUT2D eigenvalue weighted by molar-refractivity contribution is -0.193. The molecule has 0 amide bonds. The summed E-state index contributed by atoms with van der Waals surface area (Å²) in [6.45, 7) is 27.1. The van der Waals surface area contributed by atoms with Crippen LogP contribution in [0, 0.1) is 16.2 Å². The molecule has 0 aromatic heterocycles. The number of halogens is 1. The SMILES string of the molecule is C/C=C1/C=C(C=Nc2ccccc2)CC(CC)(C(=O)OCC)C1.C=CC=O.CCCC(=O)OCC.CCOC(=O)C1(CC)CCC=C(C(C)OCC)C1.CCOC(=O)C1(CC)CCC=C(C=O)C1.O=C=O.O=C=O.O=C=O.O=C=O.[Cl-]. The molecule has 81 heavy (non-hydrogen) atoms. The highest BCUT2D eigenvalue weighted by Gasteiger charge is 2.43. The zero-order valence-electron chi connectivity index (χ0n) is 49.1. The van der Waals surface area contributed by atoms with Crippen molar-refractivity contribution in [1.29, 1.82) is 0 Å². The van der Waals surface area contributed by atoms with Gasteiger partial charge >= 0.3 is 48.5 Å². The minimum Gasteiger partial charge on any atom is -1.00 e. The van der Waals surface area contributed by atoms with E-state index in [1.807, 2.05) is 91.1 Å². The standard InChI is InChI=1S/C20H25NO2.C15H26O3.C12H18O3.C6H12O2.C3H4O.4CO2.ClH/c1-4-16-12-17(15-21-18-10-8-7-9-11-18)14-20(5-2,13-16)19(22)23-6-3;1-5-15(14(16)18-7-3)10-8-9-13(11-15)12(4)17-6-2;1-3-12(11(14)15-4-2)7-5-6-10(8-12)9-13;1-3-5-6(7)8-4-2;1-2-3-4;4*2-1-3;/h4,7-12,15H,5-6,13-14H2,1-3H3;9,12H,5-8,10-11H2,1-4H3;6,9H,3-5,7-8H2,1-2H3;3-5H2,1-2H3;2-3H,1H2;;;;;1H/p-1/b16-4-,21-15?;;;;;;;;;. The van der Waals surface area contributed by atoms with Crippen molar-refractivity contribution in [1.82, 2.24) is 0 Å². The maximum absolute atomic E-state index is 12.5. The second-order valence-corrected chi connectivity index (χ2v) is 17.1. The van der Waals surface area contributed by atoms with Crippen LogP contribution in [0.3, 0.4) is 0 Å². The fourth-order valence-corrected chi connectivity index (χ4v) is 8.12. The molecule has 1 aromatic rings. The first-order chi connectivity index (χ1) is 38.3. The van der Waals surface area contributed by atoms with Gasteiger partial charge in [0, 0.05) is 19.2 Å². The van der Waals surface area contributed by atoms with Crippen LogP contribution in [0.2, 0.25) is 0 Å². The summed E-state index contributed by atoms with van der Waals surface area (Å²) in [6, 6.07) is 9.84. The van der Waals surface area contributed by atoms with Crippen molar-refractivity contribution in [3.8, 4) is 0 Å². The third-order valence-corrected chi connectivity index (χ3v) is 12.2. The van der Waals surface area contributed by atoms with Crippen LogP contribution in [0.15, 0.2) is 94.6 Å². The van der Waals surface area contributed by atoms with Gasteiger partial charge in [0.05, 0.1) is 54.5 Å². The van der Waals surface area contributed by atoms with Crippen LogP contribution in [0.4, 0.5) is 5.69 Å². The molecule has 0 aliphatic heterocycles. The zero-order chi connectivity index (χ0) is 62.3. The number of carbonyl (C=O) groups excluding carboxylic acids is 14. The molecule has 4 rings (SSSR count). The molecular weight excluding hydrogens is 1070 g/mol. The molecule has 0 radical (unpaired) electrons. The molecule has 4 unspecified atom stereocenters. The van der Waals surface area contributed by atoms with E-state index in [1.165, 1.54) is 17.2 Å². The van der Waals surface area contributed by atoms with Crippen LogP contribution < -0.4 is 12.4 Å². The monoisotopic (exact) mass is 1160 g/mol. The number of aliphatic imine (C=N–C) groups is 1. The average Bonchev–Trinajstić information content (AvgIpc) is 3.46. The summed E-state index contributed by atoms with van der Waals surface area (Å²) in [4.78, 5) is 136. The number of nitrogens with zero attached hydrogens (tertiary/aromatic N) is 1. The van der Waals surface area contributed by atoms with Crippen LogP contribution in [0.25, 0.3) is 0 Å². The molecule has 0 saturated carbocycles. The third-order valence-electron chi connectivity index (χ3n) is 12.2. The second-order valence-electron chi connectivity index (χ2n) is 17.1. The first-order valence-electron chi connectivity index (χ1n) is 26.4. The van der Waals surface area contributed by atoms with Gasteiger partial charge in [-0.2, -0.15) is 38.4 Å². The Balaban J connectivity index is -0.000000218. The molecule has 21 heteroatoms. The maximum atomic E-state index is 12.5. The Morgan fingerprint density at radius 3 is 1.42 bits per heavy atom. The smallest absolute Gasteiger partial charge is 0.373 e. The van der Waals surface area contributed by atoms with E-state index in [4.69, 9.17) is 62.1 Å². The largest absolute Gasteiger partial charge is 1.00 e. The predicted molar refractivity (Wildman–Crippen MR) is 293 cm³/mol. The van der Waals surface area contributed by atoms with Gasteiger partial charge in [-0.25, -0.2) is 0 Å². The van der Waals surface area contributed by atoms with Gasteiger partial charge in [0.1, 0.15) is 12.6 Å². The summed E-state index contributed by atoms with van der Waals surface area (Å²) in [7, 11) is 0. The van der Waals surface area contributed by atoms with E-state index < -0.39 is 10.8 Å². The Morgan fingerprint density at radius 2 is 1.04 bits per heavy atom. The lowest BCUT2D eigenvalue weighted by atomic mass is 9.70. The molecule has 4 atom stereocenters. The molecule has 0 fully saturated rings. The Kier molecular flexibility index (Phi) is 58.5. The number of aldehydes is 2. The lowest BCUT2D eigenvalue weighted by Crippen LogP contribution is -3.00. The van der Waals surface area contributed by atoms with Crippen LogP contribution in [-0.4, -0.2) is 106 Å². The fourth-order valence-electron chi connectivity index (χ4n) is 8.12. The van der Waals surface area contributed by atoms with Crippen LogP contribution in [0.5, 0.6) is 0 Å². The summed E-state index contributed by atoms with van der Waals surface area (Å²) in [5.41, 5.74) is 3.88. The van der Waals surface area contributed by atoms with E-state index >= 15 is 0 Å². The molecule has 0 spiro atoms. The summed E-state index contributed by atoms with van der Waals surface area (Å²) in [5, 5.41) is 0. The fraction of sp³-hybridized carbons (Fsp3) is 0.550. The van der Waals surface area contributed by atoms with E-state index in [-0.39, 0.29) is 72.4 Å². The molecule has 0 bridgehead atoms. The molecule has 1 aromatic carbocycles. The summed E-state index contributed by atoms with van der Waals surface area (Å²) in [5.74, 6) is -0.377. The topological polar surface area (TPSA) is 297 Å². The number of esters is 4. The Morgan fingerprint density at radius 1 is 0.617 bits per heavy atom. The first kappa shape index (κ1) is 84.9. The number of hydrogen-bond donors (Lipinski definition) is 0. The van der Waals surface area contributed by atoms with E-state index in [0.717, 1.165) is 87.3 Å². The summed E-state index contributed by atoms with van der Waals surface area (Å²) < 4.78 is 26.0. The molecular formula is C60H85ClNO19-. The number of allylic oxidation sites excluding steroid dienone is 8. The van der Waals surface area contributed by atoms with Gasteiger partial charge in [-0.1, -0.05) is 82.4 Å². The number of carbonyl (C=O) groups is 6. The van der Waals surface area contributed by atoms with E-state index in [0.29, 0.717) is 58.6 Å². The molecule has 0 N–H and O–H groups in total. The summed E-state index contributed by atoms with van der Waals surface area (Å²) in [6.07, 6.45) is 23.9. The minimum absolute atomic E-state index is 0. The number of para-hydroxylation sites is 1. The molecule has 3 aliphatic carbocycles. The number of rotatable bonds is 19. The van der Waals surface area contributed by atoms with Crippen LogP contribution >= 0.6 is 0 Å².